The van der Waals surface area contributed by atoms with Gasteiger partial charge in [0.2, 0.25) is 0 Å². The summed E-state index contributed by atoms with van der Waals surface area (Å²) in [6, 6.07) is 25.1. The van der Waals surface area contributed by atoms with Crippen LogP contribution in [0, 0.1) is 10.4 Å². The van der Waals surface area contributed by atoms with Gasteiger partial charge < -0.3 is 20.7 Å². The van der Waals surface area contributed by atoms with Crippen molar-refractivity contribution >= 4 is 66.6 Å². The standard InChI is InChI=1S/C32H30N6O8S2/c1-21(37-39)31(25-9-5-3-6-10-25)35-33-27-17-15-23(29(19-27)47(41,42)43)13-14-24-16-18-28(20-30(24)48(44,45)46)34-36-32(22(2)38-40)26-11-7-4-8-12-26/h3-20,33-34,39-40H,1-2H3,(H,41,42,43)(H,44,45,46)/p-2/b14-13+,35-31-,36-32+,37-21-,38-22-. The monoisotopic (exact) mass is 688 g/mol. The molecule has 4 rings (SSSR count). The highest BCUT2D eigenvalue weighted by molar-refractivity contribution is 7.86. The molecule has 0 bridgehead atoms. The first-order chi connectivity index (χ1) is 22.8. The van der Waals surface area contributed by atoms with Crippen molar-refractivity contribution in [1.29, 1.82) is 0 Å². The molecule has 0 aromatic heterocycles. The zero-order valence-electron chi connectivity index (χ0n) is 25.3. The van der Waals surface area contributed by atoms with Crippen LogP contribution >= 0.6 is 0 Å². The van der Waals surface area contributed by atoms with E-state index in [1.807, 2.05) is 0 Å². The zero-order valence-corrected chi connectivity index (χ0v) is 27.0. The minimum atomic E-state index is -4.80. The van der Waals surface area contributed by atoms with Crippen LogP contribution in [0.2, 0.25) is 0 Å². The second-order valence-electron chi connectivity index (χ2n) is 10.0. The SMILES string of the molecule is CC(=N/[O-])/C(=N\Nc1ccc(/C=C/c2ccc(N/N=C(/C(C)=N\[O-])c3ccccc3)cc2S(=O)(=O)O)c(S(=O)(=O)O)c1)c1ccccc1. The molecule has 248 valence electrons. The molecule has 4 aromatic carbocycles. The van der Waals surface area contributed by atoms with E-state index in [0.29, 0.717) is 11.1 Å². The van der Waals surface area contributed by atoms with Crippen molar-refractivity contribution in [2.24, 2.45) is 20.5 Å². The van der Waals surface area contributed by atoms with Gasteiger partial charge in [0.15, 0.2) is 0 Å². The molecule has 48 heavy (non-hydrogen) atoms. The Balaban J connectivity index is 1.68. The Kier molecular flexibility index (Phi) is 11.2. The van der Waals surface area contributed by atoms with Gasteiger partial charge in [-0.15, -0.1) is 0 Å². The van der Waals surface area contributed by atoms with Crippen molar-refractivity contribution in [1.82, 2.24) is 0 Å². The third kappa shape index (κ3) is 8.98. The lowest BCUT2D eigenvalue weighted by Gasteiger charge is -2.11. The van der Waals surface area contributed by atoms with Gasteiger partial charge >= 0.3 is 0 Å². The highest BCUT2D eigenvalue weighted by atomic mass is 32.2. The van der Waals surface area contributed by atoms with Gasteiger partial charge in [-0.1, -0.05) is 84.9 Å². The lowest BCUT2D eigenvalue weighted by Crippen LogP contribution is -2.14. The fourth-order valence-electron chi connectivity index (χ4n) is 4.34. The van der Waals surface area contributed by atoms with Crippen LogP contribution in [0.25, 0.3) is 12.2 Å². The van der Waals surface area contributed by atoms with Crippen LogP contribution in [0.5, 0.6) is 0 Å². The predicted octanol–water partition coefficient (Wildman–Crippen LogP) is 5.90. The quantitative estimate of drug-likeness (QED) is 0.0596. The molecule has 0 saturated heterocycles. The number of nitrogens with one attached hydrogen (secondary N) is 2. The van der Waals surface area contributed by atoms with Gasteiger partial charge in [0, 0.05) is 11.1 Å². The van der Waals surface area contributed by atoms with E-state index in [4.69, 9.17) is 0 Å². The number of hydrogen-bond donors (Lipinski definition) is 4. The molecule has 0 aliphatic carbocycles. The number of benzene rings is 4. The highest BCUT2D eigenvalue weighted by Crippen LogP contribution is 2.26. The molecule has 0 spiro atoms. The van der Waals surface area contributed by atoms with Gasteiger partial charge in [-0.25, -0.2) is 0 Å². The van der Waals surface area contributed by atoms with Gasteiger partial charge in [-0.05, 0) is 49.2 Å². The first-order valence-electron chi connectivity index (χ1n) is 13.9. The van der Waals surface area contributed by atoms with Crippen LogP contribution in [0.1, 0.15) is 36.1 Å². The van der Waals surface area contributed by atoms with Crippen LogP contribution in [-0.2, 0) is 20.2 Å². The highest BCUT2D eigenvalue weighted by Gasteiger charge is 2.18. The maximum absolute atomic E-state index is 12.3. The molecule has 0 unspecified atom stereocenters. The summed E-state index contributed by atoms with van der Waals surface area (Å²) in [5, 5.41) is 36.7. The van der Waals surface area contributed by atoms with Gasteiger partial charge in [0.25, 0.3) is 20.2 Å². The molecule has 0 aliphatic rings. The molecular formula is C32H28N6O8S2-2. The third-order valence-electron chi connectivity index (χ3n) is 6.67. The molecule has 0 heterocycles. The Labute approximate surface area is 276 Å². The van der Waals surface area contributed by atoms with Crippen molar-refractivity contribution in [3.8, 4) is 0 Å². The van der Waals surface area contributed by atoms with Crippen LogP contribution in [0.4, 0.5) is 11.4 Å². The van der Waals surface area contributed by atoms with E-state index in [9.17, 15) is 36.4 Å². The van der Waals surface area contributed by atoms with Gasteiger partial charge in [-0.3, -0.25) is 20.0 Å². The molecule has 0 radical (unpaired) electrons. The smallest absolute Gasteiger partial charge is 0.295 e. The van der Waals surface area contributed by atoms with Crippen molar-refractivity contribution < 1.29 is 25.9 Å². The van der Waals surface area contributed by atoms with Crippen LogP contribution in [0.15, 0.2) is 127 Å². The van der Waals surface area contributed by atoms with E-state index in [1.165, 1.54) is 50.3 Å². The molecule has 0 amide bonds. The molecule has 0 aliphatic heterocycles. The average molecular weight is 689 g/mol. The maximum Gasteiger partial charge on any atom is 0.295 e. The number of hydrogen-bond acceptors (Lipinski definition) is 12. The Morgan fingerprint density at radius 3 is 1.27 bits per heavy atom. The molecule has 0 atom stereocenters. The minimum Gasteiger partial charge on any atom is -0.792 e. The van der Waals surface area contributed by atoms with Crippen molar-refractivity contribution in [2.75, 3.05) is 10.9 Å². The number of hydrazone groups is 2. The third-order valence-corrected chi connectivity index (χ3v) is 8.49. The average Bonchev–Trinajstić information content (AvgIpc) is 3.07. The van der Waals surface area contributed by atoms with E-state index in [2.05, 4.69) is 31.4 Å². The van der Waals surface area contributed by atoms with E-state index >= 15 is 0 Å². The van der Waals surface area contributed by atoms with E-state index < -0.39 is 30.0 Å². The number of anilines is 2. The van der Waals surface area contributed by atoms with Crippen LogP contribution in [0.3, 0.4) is 0 Å². The largest absolute Gasteiger partial charge is 0.792 e. The summed E-state index contributed by atoms with van der Waals surface area (Å²) in [5.74, 6) is 0. The summed E-state index contributed by atoms with van der Waals surface area (Å²) in [7, 11) is -9.61. The van der Waals surface area contributed by atoms with Crippen LogP contribution in [-0.4, -0.2) is 48.8 Å². The zero-order chi connectivity index (χ0) is 34.9. The van der Waals surface area contributed by atoms with Crippen molar-refractivity contribution in [3.63, 3.8) is 0 Å². The number of nitrogens with zero attached hydrogens (tertiary/aromatic N) is 4. The normalized spacial score (nSPS) is 13.5. The molecule has 14 nitrogen and oxygen atoms in total. The van der Waals surface area contributed by atoms with Crippen LogP contribution < -0.4 is 10.9 Å². The summed E-state index contributed by atoms with van der Waals surface area (Å²) in [5.41, 5.74) is 7.21. The fraction of sp³-hybridized carbons (Fsp3) is 0.0625. The fourth-order valence-corrected chi connectivity index (χ4v) is 5.76. The first kappa shape index (κ1) is 35.2. The lowest BCUT2D eigenvalue weighted by atomic mass is 10.1. The van der Waals surface area contributed by atoms with E-state index in [1.54, 1.807) is 60.7 Å². The van der Waals surface area contributed by atoms with Crippen molar-refractivity contribution in [2.45, 2.75) is 23.6 Å². The Bertz CT molecular complexity index is 2010. The number of rotatable bonds is 12. The molecule has 0 fully saturated rings. The van der Waals surface area contributed by atoms with E-state index in [-0.39, 0.29) is 45.3 Å². The maximum atomic E-state index is 12.3. The van der Waals surface area contributed by atoms with Gasteiger partial charge in [-0.2, -0.15) is 27.0 Å². The van der Waals surface area contributed by atoms with E-state index in [0.717, 1.165) is 12.1 Å². The van der Waals surface area contributed by atoms with Gasteiger partial charge in [0.05, 0.1) is 22.8 Å². The topological polar surface area (TPSA) is 228 Å². The first-order valence-corrected chi connectivity index (χ1v) is 16.7. The van der Waals surface area contributed by atoms with Crippen molar-refractivity contribution in [3.05, 3.63) is 130 Å². The molecule has 4 aromatic rings. The summed E-state index contributed by atoms with van der Waals surface area (Å²) in [6.07, 6.45) is 2.47. The molecule has 4 N–H and O–H groups in total. The Morgan fingerprint density at radius 1 is 0.604 bits per heavy atom. The summed E-state index contributed by atoms with van der Waals surface area (Å²) in [6.45, 7) is 2.92. The molecule has 16 heteroatoms. The predicted molar refractivity (Wildman–Crippen MR) is 188 cm³/mol. The second-order valence-corrected chi connectivity index (χ2v) is 12.8. The minimum absolute atomic E-state index is 0.0272. The molecule has 0 saturated carbocycles. The van der Waals surface area contributed by atoms with Gasteiger partial charge in [0.1, 0.15) is 21.2 Å². The lowest BCUT2D eigenvalue weighted by molar-refractivity contribution is 0.480. The second kappa shape index (κ2) is 15.3. The summed E-state index contributed by atoms with van der Waals surface area (Å²) >= 11 is 0. The Morgan fingerprint density at radius 2 is 0.958 bits per heavy atom. The Hall–Kier alpha value is -5.68. The molecular weight excluding hydrogens is 661 g/mol. The summed E-state index contributed by atoms with van der Waals surface area (Å²) < 4.78 is 69.2. The summed E-state index contributed by atoms with van der Waals surface area (Å²) in [4.78, 5) is -1.08.